The van der Waals surface area contributed by atoms with E-state index in [2.05, 4.69) is 36.3 Å². The highest BCUT2D eigenvalue weighted by atomic mass is 16.6. The maximum Gasteiger partial charge on any atom is 0.341 e. The van der Waals surface area contributed by atoms with E-state index in [0.717, 1.165) is 54.5 Å². The lowest BCUT2D eigenvalue weighted by atomic mass is 10.0. The van der Waals surface area contributed by atoms with Crippen LogP contribution in [0.2, 0.25) is 0 Å². The molecule has 3 aromatic carbocycles. The van der Waals surface area contributed by atoms with Gasteiger partial charge in [0.25, 0.3) is 0 Å². The summed E-state index contributed by atoms with van der Waals surface area (Å²) >= 11 is 0. The van der Waals surface area contributed by atoms with Crippen molar-refractivity contribution in [3.05, 3.63) is 102 Å². The Kier molecular flexibility index (Phi) is 9.52. The Hall–Kier alpha value is -3.60. The second-order valence-electron chi connectivity index (χ2n) is 7.90. The summed E-state index contributed by atoms with van der Waals surface area (Å²) in [4.78, 5) is 16.8. The molecular weight excluding hydrogens is 414 g/mol. The molecule has 33 heavy (non-hydrogen) atoms. The van der Waals surface area contributed by atoms with E-state index in [4.69, 9.17) is 14.7 Å². The average molecular weight is 446 g/mol. The molecule has 0 aliphatic heterocycles. The maximum absolute atomic E-state index is 10.7. The van der Waals surface area contributed by atoms with Crippen molar-refractivity contribution in [1.29, 1.82) is 0 Å². The van der Waals surface area contributed by atoms with Gasteiger partial charge in [-0.05, 0) is 54.5 Å². The normalized spacial score (nSPS) is 11.4. The van der Waals surface area contributed by atoms with Gasteiger partial charge in [0.05, 0.1) is 5.71 Å². The van der Waals surface area contributed by atoms with Crippen LogP contribution in [-0.2, 0) is 16.1 Å². The fourth-order valence-electron chi connectivity index (χ4n) is 3.63. The lowest BCUT2D eigenvalue weighted by Crippen LogP contribution is -2.09. The molecular formula is C28H31NO4. The highest BCUT2D eigenvalue weighted by Crippen LogP contribution is 2.26. The number of oxime groups is 1. The van der Waals surface area contributed by atoms with Crippen molar-refractivity contribution < 1.29 is 19.5 Å². The van der Waals surface area contributed by atoms with Gasteiger partial charge in [-0.2, -0.15) is 0 Å². The van der Waals surface area contributed by atoms with E-state index in [1.54, 1.807) is 6.07 Å². The SMILES string of the molecule is CCC/C(CCCc1cccc(OCC(=O)O)c1)=N/OC(c1ccccc1)c1ccccc1. The first kappa shape index (κ1) is 24.1. The number of carbonyl (C=O) groups is 1. The molecule has 0 aliphatic carbocycles. The summed E-state index contributed by atoms with van der Waals surface area (Å²) in [6.45, 7) is 1.81. The van der Waals surface area contributed by atoms with Crippen molar-refractivity contribution in [2.24, 2.45) is 5.16 Å². The Labute approximate surface area is 195 Å². The first-order valence-corrected chi connectivity index (χ1v) is 11.4. The van der Waals surface area contributed by atoms with Gasteiger partial charge in [0.15, 0.2) is 12.7 Å². The summed E-state index contributed by atoms with van der Waals surface area (Å²) in [6, 6.07) is 27.9. The molecule has 5 nitrogen and oxygen atoms in total. The topological polar surface area (TPSA) is 68.1 Å². The Morgan fingerprint density at radius 1 is 0.909 bits per heavy atom. The number of hydrogen-bond acceptors (Lipinski definition) is 4. The first-order valence-electron chi connectivity index (χ1n) is 11.4. The number of rotatable bonds is 13. The van der Waals surface area contributed by atoms with Crippen LogP contribution in [-0.4, -0.2) is 23.4 Å². The summed E-state index contributed by atoms with van der Waals surface area (Å²) in [5, 5.41) is 13.4. The van der Waals surface area contributed by atoms with Crippen LogP contribution in [0.15, 0.2) is 90.1 Å². The molecule has 3 aromatic rings. The zero-order chi connectivity index (χ0) is 23.3. The molecule has 0 radical (unpaired) electrons. The maximum atomic E-state index is 10.7. The minimum Gasteiger partial charge on any atom is -0.482 e. The molecule has 172 valence electrons. The van der Waals surface area contributed by atoms with Crippen LogP contribution in [0.1, 0.15) is 55.4 Å². The third kappa shape index (κ3) is 8.11. The molecule has 0 fully saturated rings. The number of carboxylic acid groups (broad SMARTS) is 1. The standard InChI is InChI=1S/C28H31NO4/c1-2-11-25(18-9-12-22-13-10-19-26(20-22)32-21-27(30)31)29-33-28(23-14-5-3-6-15-23)24-16-7-4-8-17-24/h3-8,10,13-17,19-20,28H,2,9,11-12,18,21H2,1H3,(H,30,31)/b29-25-. The molecule has 0 aliphatic rings. The van der Waals surface area contributed by atoms with Crippen molar-refractivity contribution in [3.63, 3.8) is 0 Å². The van der Waals surface area contributed by atoms with Gasteiger partial charge in [0.1, 0.15) is 5.75 Å². The fraction of sp³-hybridized carbons (Fsp3) is 0.286. The highest BCUT2D eigenvalue weighted by molar-refractivity contribution is 5.83. The number of ether oxygens (including phenoxy) is 1. The van der Waals surface area contributed by atoms with Gasteiger partial charge >= 0.3 is 5.97 Å². The lowest BCUT2D eigenvalue weighted by Gasteiger charge is -2.17. The molecule has 0 spiro atoms. The van der Waals surface area contributed by atoms with E-state index in [1.807, 2.05) is 54.6 Å². The monoisotopic (exact) mass is 445 g/mol. The van der Waals surface area contributed by atoms with Crippen LogP contribution < -0.4 is 4.74 Å². The van der Waals surface area contributed by atoms with E-state index < -0.39 is 5.97 Å². The second-order valence-corrected chi connectivity index (χ2v) is 7.90. The smallest absolute Gasteiger partial charge is 0.341 e. The summed E-state index contributed by atoms with van der Waals surface area (Å²) in [7, 11) is 0. The number of carboxylic acids is 1. The third-order valence-electron chi connectivity index (χ3n) is 5.22. The number of aryl methyl sites for hydroxylation is 1. The van der Waals surface area contributed by atoms with E-state index in [1.165, 1.54) is 0 Å². The summed E-state index contributed by atoms with van der Waals surface area (Å²) in [5.41, 5.74) is 4.30. The Morgan fingerprint density at radius 3 is 2.18 bits per heavy atom. The minimum atomic E-state index is -0.981. The van der Waals surface area contributed by atoms with Crippen molar-refractivity contribution in [2.75, 3.05) is 6.61 Å². The Bertz CT molecular complexity index is 979. The quantitative estimate of drug-likeness (QED) is 0.243. The molecule has 0 atom stereocenters. The summed E-state index contributed by atoms with van der Waals surface area (Å²) < 4.78 is 5.28. The van der Waals surface area contributed by atoms with E-state index in [-0.39, 0.29) is 12.7 Å². The molecule has 0 aromatic heterocycles. The van der Waals surface area contributed by atoms with Crippen LogP contribution >= 0.6 is 0 Å². The number of nitrogens with zero attached hydrogens (tertiary/aromatic N) is 1. The van der Waals surface area contributed by atoms with Gasteiger partial charge < -0.3 is 14.7 Å². The lowest BCUT2D eigenvalue weighted by molar-refractivity contribution is -0.139. The van der Waals surface area contributed by atoms with Crippen LogP contribution in [0.25, 0.3) is 0 Å². The average Bonchev–Trinajstić information content (AvgIpc) is 2.84. The first-order chi connectivity index (χ1) is 16.2. The Morgan fingerprint density at radius 2 is 1.58 bits per heavy atom. The van der Waals surface area contributed by atoms with Crippen LogP contribution in [0, 0.1) is 0 Å². The van der Waals surface area contributed by atoms with Gasteiger partial charge in [0, 0.05) is 0 Å². The van der Waals surface area contributed by atoms with Gasteiger partial charge in [-0.25, -0.2) is 4.79 Å². The largest absolute Gasteiger partial charge is 0.482 e. The molecule has 3 rings (SSSR count). The summed E-state index contributed by atoms with van der Waals surface area (Å²) in [5.74, 6) is -0.403. The summed E-state index contributed by atoms with van der Waals surface area (Å²) in [6.07, 6.45) is 4.26. The molecule has 0 unspecified atom stereocenters. The highest BCUT2D eigenvalue weighted by Gasteiger charge is 2.15. The number of aliphatic carboxylic acids is 1. The zero-order valence-corrected chi connectivity index (χ0v) is 19.0. The van der Waals surface area contributed by atoms with Gasteiger partial charge in [-0.3, -0.25) is 0 Å². The van der Waals surface area contributed by atoms with E-state index in [0.29, 0.717) is 5.75 Å². The van der Waals surface area contributed by atoms with Crippen molar-refractivity contribution in [2.45, 2.75) is 45.1 Å². The van der Waals surface area contributed by atoms with Crippen LogP contribution in [0.4, 0.5) is 0 Å². The molecule has 0 saturated carbocycles. The predicted molar refractivity (Wildman–Crippen MR) is 131 cm³/mol. The van der Waals surface area contributed by atoms with Crippen LogP contribution in [0.5, 0.6) is 5.75 Å². The van der Waals surface area contributed by atoms with Gasteiger partial charge in [-0.1, -0.05) is 91.3 Å². The van der Waals surface area contributed by atoms with Crippen molar-refractivity contribution >= 4 is 11.7 Å². The number of hydrogen-bond donors (Lipinski definition) is 1. The molecule has 1 N–H and O–H groups in total. The fourth-order valence-corrected chi connectivity index (χ4v) is 3.63. The van der Waals surface area contributed by atoms with Crippen molar-refractivity contribution in [3.8, 4) is 5.75 Å². The molecule has 0 saturated heterocycles. The second kappa shape index (κ2) is 13.1. The Balaban J connectivity index is 1.63. The minimum absolute atomic E-state index is 0.248. The van der Waals surface area contributed by atoms with Crippen molar-refractivity contribution in [1.82, 2.24) is 0 Å². The van der Waals surface area contributed by atoms with Crippen LogP contribution in [0.3, 0.4) is 0 Å². The molecule has 5 heteroatoms. The van der Waals surface area contributed by atoms with E-state index >= 15 is 0 Å². The third-order valence-corrected chi connectivity index (χ3v) is 5.22. The molecule has 0 bridgehead atoms. The van der Waals surface area contributed by atoms with Gasteiger partial charge in [-0.15, -0.1) is 0 Å². The predicted octanol–water partition coefficient (Wildman–Crippen LogP) is 6.44. The van der Waals surface area contributed by atoms with E-state index in [9.17, 15) is 4.79 Å². The van der Waals surface area contributed by atoms with Gasteiger partial charge in [0.2, 0.25) is 0 Å². The molecule has 0 heterocycles. The molecule has 0 amide bonds. The zero-order valence-electron chi connectivity index (χ0n) is 19.0. The number of benzene rings is 3.